The molecule has 0 aliphatic carbocycles. The van der Waals surface area contributed by atoms with Gasteiger partial charge in [0.25, 0.3) is 0 Å². The van der Waals surface area contributed by atoms with Crippen LogP contribution in [0.2, 0.25) is 0 Å². The van der Waals surface area contributed by atoms with E-state index < -0.39 is 0 Å². The van der Waals surface area contributed by atoms with Gasteiger partial charge in [0.1, 0.15) is 6.07 Å². The first-order valence-electron chi connectivity index (χ1n) is 15.9. The molecule has 0 aliphatic rings. The third-order valence-corrected chi connectivity index (χ3v) is 9.38. The number of para-hydroxylation sites is 3. The number of nitriles is 2. The lowest BCUT2D eigenvalue weighted by Gasteiger charge is -2.14. The topological polar surface area (TPSA) is 57.4 Å². The molecule has 0 atom stereocenters. The number of aromatic nitrogens is 2. The number of rotatable bonds is 4. The SMILES string of the molecule is N#Cc1cc(-c2ccccc2)c(C#N)c(-n2c3ccccc3c3cc(-c4ccc5c6ccccc6n(-c6ccccc6)c5c4)ccc32)c1. The quantitative estimate of drug-likeness (QED) is 0.199. The van der Waals surface area contributed by atoms with Crippen LogP contribution in [-0.2, 0) is 0 Å². The Kier molecular flexibility index (Phi) is 6.22. The maximum absolute atomic E-state index is 10.6. The second-order valence-electron chi connectivity index (χ2n) is 12.0. The number of nitrogens with zero attached hydrogens (tertiary/aromatic N) is 4. The molecule has 2 aromatic heterocycles. The van der Waals surface area contributed by atoms with Gasteiger partial charge in [-0.2, -0.15) is 10.5 Å². The van der Waals surface area contributed by atoms with E-state index in [9.17, 15) is 10.5 Å². The summed E-state index contributed by atoms with van der Waals surface area (Å²) < 4.78 is 4.48. The Morgan fingerprint density at radius 3 is 1.71 bits per heavy atom. The molecule has 0 radical (unpaired) electrons. The van der Waals surface area contributed by atoms with Crippen LogP contribution in [0.3, 0.4) is 0 Å². The maximum Gasteiger partial charge on any atom is 0.102 e. The molecule has 0 saturated heterocycles. The van der Waals surface area contributed by atoms with Crippen LogP contribution in [-0.4, -0.2) is 9.13 Å². The van der Waals surface area contributed by atoms with Crippen molar-refractivity contribution in [1.29, 1.82) is 10.5 Å². The summed E-state index contributed by atoms with van der Waals surface area (Å²) in [6, 6.07) is 58.9. The molecular weight excluding hydrogens is 585 g/mol. The van der Waals surface area contributed by atoms with Gasteiger partial charge in [-0.25, -0.2) is 0 Å². The van der Waals surface area contributed by atoms with Crippen LogP contribution in [0.5, 0.6) is 0 Å². The summed E-state index contributed by atoms with van der Waals surface area (Å²) in [6.07, 6.45) is 0. The molecular formula is C44H26N4. The maximum atomic E-state index is 10.6. The van der Waals surface area contributed by atoms with E-state index >= 15 is 0 Å². The van der Waals surface area contributed by atoms with Gasteiger partial charge in [0.05, 0.1) is 45.0 Å². The van der Waals surface area contributed by atoms with E-state index in [-0.39, 0.29) is 0 Å². The Balaban J connectivity index is 1.28. The summed E-state index contributed by atoms with van der Waals surface area (Å²) in [5.41, 5.74) is 11.0. The molecule has 0 N–H and O–H groups in total. The fourth-order valence-corrected chi connectivity index (χ4v) is 7.25. The molecule has 48 heavy (non-hydrogen) atoms. The lowest BCUT2D eigenvalue weighted by atomic mass is 9.96. The van der Waals surface area contributed by atoms with E-state index in [2.05, 4.69) is 124 Å². The van der Waals surface area contributed by atoms with Crippen molar-refractivity contribution in [3.63, 3.8) is 0 Å². The van der Waals surface area contributed by atoms with Crippen molar-refractivity contribution < 1.29 is 0 Å². The Morgan fingerprint density at radius 2 is 0.979 bits per heavy atom. The highest BCUT2D eigenvalue weighted by Crippen LogP contribution is 2.40. The fraction of sp³-hybridized carbons (Fsp3) is 0. The largest absolute Gasteiger partial charge is 0.309 e. The highest BCUT2D eigenvalue weighted by molar-refractivity contribution is 6.12. The molecule has 4 heteroatoms. The third kappa shape index (κ3) is 4.14. The molecule has 0 fully saturated rings. The van der Waals surface area contributed by atoms with Gasteiger partial charge in [0, 0.05) is 32.8 Å². The number of hydrogen-bond acceptors (Lipinski definition) is 2. The zero-order valence-corrected chi connectivity index (χ0v) is 25.8. The Hall–Kier alpha value is -6.88. The van der Waals surface area contributed by atoms with E-state index in [4.69, 9.17) is 0 Å². The van der Waals surface area contributed by atoms with Gasteiger partial charge in [0.15, 0.2) is 0 Å². The molecule has 0 spiro atoms. The van der Waals surface area contributed by atoms with Gasteiger partial charge < -0.3 is 9.13 Å². The van der Waals surface area contributed by atoms with Crippen molar-refractivity contribution in [3.8, 4) is 45.8 Å². The second-order valence-corrected chi connectivity index (χ2v) is 12.0. The summed E-state index contributed by atoms with van der Waals surface area (Å²) >= 11 is 0. The smallest absolute Gasteiger partial charge is 0.102 e. The van der Waals surface area contributed by atoms with Crippen molar-refractivity contribution in [3.05, 3.63) is 169 Å². The standard InChI is InChI=1S/C44H26N4/c45-27-29-23-37(30-11-3-1-4-12-30)39(28-46)43(24-29)48-41-18-10-8-16-35(41)38-25-31(20-22-42(38)48)32-19-21-36-34-15-7-9-17-40(34)47(44(36)26-32)33-13-5-2-6-14-33/h1-26H. The number of fused-ring (bicyclic) bond motifs is 6. The number of benzene rings is 7. The molecule has 2 heterocycles. The number of hydrogen-bond donors (Lipinski definition) is 0. The van der Waals surface area contributed by atoms with Crippen molar-refractivity contribution in [2.45, 2.75) is 0 Å². The Labute approximate surface area is 277 Å². The lowest BCUT2D eigenvalue weighted by molar-refractivity contribution is 1.16. The minimum atomic E-state index is 0.507. The Morgan fingerprint density at radius 1 is 0.396 bits per heavy atom. The zero-order chi connectivity index (χ0) is 32.2. The van der Waals surface area contributed by atoms with E-state index in [1.807, 2.05) is 54.6 Å². The van der Waals surface area contributed by atoms with E-state index in [1.165, 1.54) is 16.3 Å². The monoisotopic (exact) mass is 610 g/mol. The van der Waals surface area contributed by atoms with Gasteiger partial charge in [-0.05, 0) is 71.3 Å². The van der Waals surface area contributed by atoms with Gasteiger partial charge in [0.2, 0.25) is 0 Å². The molecule has 4 nitrogen and oxygen atoms in total. The summed E-state index contributed by atoms with van der Waals surface area (Å²) in [6.45, 7) is 0. The minimum absolute atomic E-state index is 0.507. The minimum Gasteiger partial charge on any atom is -0.309 e. The predicted octanol–water partition coefficient (Wildman–Crippen LogP) is 11.0. The molecule has 0 unspecified atom stereocenters. The van der Waals surface area contributed by atoms with Crippen molar-refractivity contribution >= 4 is 43.6 Å². The van der Waals surface area contributed by atoms with Crippen LogP contribution in [0.15, 0.2) is 158 Å². The average Bonchev–Trinajstić information content (AvgIpc) is 3.67. The predicted molar refractivity (Wildman–Crippen MR) is 195 cm³/mol. The Bertz CT molecular complexity index is 2790. The molecule has 0 amide bonds. The lowest BCUT2D eigenvalue weighted by Crippen LogP contribution is -2.01. The molecule has 0 saturated carbocycles. The molecule has 9 rings (SSSR count). The molecule has 7 aromatic carbocycles. The molecule has 222 valence electrons. The van der Waals surface area contributed by atoms with Crippen LogP contribution in [0.25, 0.3) is 77.2 Å². The van der Waals surface area contributed by atoms with Crippen LogP contribution in [0.4, 0.5) is 0 Å². The van der Waals surface area contributed by atoms with Gasteiger partial charge in [-0.15, -0.1) is 0 Å². The first-order chi connectivity index (χ1) is 23.7. The summed E-state index contributed by atoms with van der Waals surface area (Å²) in [5.74, 6) is 0. The average molecular weight is 611 g/mol. The highest BCUT2D eigenvalue weighted by atomic mass is 15.0. The van der Waals surface area contributed by atoms with E-state index in [1.54, 1.807) is 0 Å². The second kappa shape index (κ2) is 10.9. The van der Waals surface area contributed by atoms with Crippen LogP contribution >= 0.6 is 0 Å². The van der Waals surface area contributed by atoms with Gasteiger partial charge in [-0.3, -0.25) is 0 Å². The van der Waals surface area contributed by atoms with E-state index in [0.717, 1.165) is 55.3 Å². The van der Waals surface area contributed by atoms with E-state index in [0.29, 0.717) is 16.8 Å². The fourth-order valence-electron chi connectivity index (χ4n) is 7.25. The first-order valence-corrected chi connectivity index (χ1v) is 15.9. The van der Waals surface area contributed by atoms with Crippen molar-refractivity contribution in [2.75, 3.05) is 0 Å². The van der Waals surface area contributed by atoms with Gasteiger partial charge in [-0.1, -0.05) is 103 Å². The van der Waals surface area contributed by atoms with Gasteiger partial charge >= 0.3 is 0 Å². The normalized spacial score (nSPS) is 11.3. The zero-order valence-electron chi connectivity index (χ0n) is 25.8. The molecule has 0 bridgehead atoms. The van der Waals surface area contributed by atoms with Crippen LogP contribution < -0.4 is 0 Å². The van der Waals surface area contributed by atoms with Crippen LogP contribution in [0, 0.1) is 22.7 Å². The summed E-state index contributed by atoms with van der Waals surface area (Å²) in [4.78, 5) is 0. The van der Waals surface area contributed by atoms with Crippen LogP contribution in [0.1, 0.15) is 11.1 Å². The third-order valence-electron chi connectivity index (χ3n) is 9.38. The molecule has 0 aliphatic heterocycles. The first kappa shape index (κ1) is 27.4. The van der Waals surface area contributed by atoms with Crippen molar-refractivity contribution in [2.24, 2.45) is 0 Å². The summed E-state index contributed by atoms with van der Waals surface area (Å²) in [7, 11) is 0. The molecule has 9 aromatic rings. The van der Waals surface area contributed by atoms with Crippen molar-refractivity contribution in [1.82, 2.24) is 9.13 Å². The summed E-state index contributed by atoms with van der Waals surface area (Å²) in [5, 5.41) is 25.2. The highest BCUT2D eigenvalue weighted by Gasteiger charge is 2.20.